The molecule has 3 rings (SSSR count). The van der Waals surface area contributed by atoms with E-state index in [4.69, 9.17) is 9.47 Å². The second-order valence-electron chi connectivity index (χ2n) is 17.1. The molecule has 0 saturated heterocycles. The van der Waals surface area contributed by atoms with Gasteiger partial charge in [-0.3, -0.25) is 0 Å². The molecular weight excluding hydrogens is 548 g/mol. The molecule has 0 unspecified atom stereocenters. The second kappa shape index (κ2) is 15.2. The Morgan fingerprint density at radius 3 is 1.30 bits per heavy atom. The molecule has 0 N–H and O–H groups in total. The van der Waals surface area contributed by atoms with Gasteiger partial charge in [0.15, 0.2) is 0 Å². The first-order valence-corrected chi connectivity index (χ1v) is 17.5. The van der Waals surface area contributed by atoms with E-state index in [2.05, 4.69) is 116 Å². The Bertz CT molecular complexity index is 1030. The highest BCUT2D eigenvalue weighted by molar-refractivity contribution is 4.97. The third kappa shape index (κ3) is 11.9. The predicted molar refractivity (Wildman–Crippen MR) is 180 cm³/mol. The van der Waals surface area contributed by atoms with Gasteiger partial charge in [-0.2, -0.15) is 0 Å². The molecule has 1 fully saturated rings. The zero-order valence-electron chi connectivity index (χ0n) is 30.4. The van der Waals surface area contributed by atoms with Crippen LogP contribution in [0.2, 0.25) is 0 Å². The average molecular weight is 615 g/mol. The Morgan fingerprint density at radius 1 is 0.636 bits per heavy atom. The van der Waals surface area contributed by atoms with Crippen LogP contribution in [0.4, 0.5) is 0 Å². The Labute approximate surface area is 269 Å². The third-order valence-electron chi connectivity index (χ3n) is 9.50. The maximum Gasteiger partial charge on any atom is 0.0829 e. The maximum absolute atomic E-state index is 6.50. The molecule has 8 heteroatoms. The zero-order chi connectivity index (χ0) is 32.8. The zero-order valence-corrected chi connectivity index (χ0v) is 30.4. The summed E-state index contributed by atoms with van der Waals surface area (Å²) in [6.45, 7) is 28.3. The van der Waals surface area contributed by atoms with Gasteiger partial charge >= 0.3 is 0 Å². The molecule has 1 aliphatic carbocycles. The molecule has 0 atom stereocenters. The summed E-state index contributed by atoms with van der Waals surface area (Å²) in [4.78, 5) is 0. The van der Waals surface area contributed by atoms with Gasteiger partial charge in [0.25, 0.3) is 0 Å². The Kier molecular flexibility index (Phi) is 12.7. The fourth-order valence-electron chi connectivity index (χ4n) is 6.74. The minimum atomic E-state index is -0.117. The van der Waals surface area contributed by atoms with Crippen LogP contribution in [0, 0.1) is 23.7 Å². The van der Waals surface area contributed by atoms with Gasteiger partial charge in [-0.25, -0.2) is 9.36 Å². The van der Waals surface area contributed by atoms with E-state index in [1.165, 1.54) is 25.7 Å². The van der Waals surface area contributed by atoms with Crippen LogP contribution in [-0.2, 0) is 33.4 Å². The molecule has 0 aromatic carbocycles. The lowest BCUT2D eigenvalue weighted by atomic mass is 9.74. The predicted octanol–water partition coefficient (Wildman–Crippen LogP) is 8.39. The number of rotatable bonds is 18. The summed E-state index contributed by atoms with van der Waals surface area (Å²) in [5, 5.41) is 17.6. The molecular formula is C36H66N6O2. The van der Waals surface area contributed by atoms with Crippen LogP contribution in [0.3, 0.4) is 0 Å². The lowest BCUT2D eigenvalue weighted by molar-refractivity contribution is -0.0572. The van der Waals surface area contributed by atoms with Gasteiger partial charge in [0.2, 0.25) is 0 Å². The highest BCUT2D eigenvalue weighted by Gasteiger charge is 2.33. The smallest absolute Gasteiger partial charge is 0.0829 e. The summed E-state index contributed by atoms with van der Waals surface area (Å²) >= 11 is 0. The highest BCUT2D eigenvalue weighted by atomic mass is 16.5. The molecule has 1 aliphatic rings. The third-order valence-corrected chi connectivity index (χ3v) is 9.50. The van der Waals surface area contributed by atoms with Crippen molar-refractivity contribution in [3.8, 4) is 0 Å². The number of aromatic nitrogens is 6. The molecule has 0 amide bonds. The first-order chi connectivity index (χ1) is 20.4. The van der Waals surface area contributed by atoms with E-state index >= 15 is 0 Å². The van der Waals surface area contributed by atoms with Gasteiger partial charge in [0, 0.05) is 25.6 Å². The molecule has 1 saturated carbocycles. The van der Waals surface area contributed by atoms with Crippen molar-refractivity contribution in [2.45, 2.75) is 170 Å². The fraction of sp³-hybridized carbons (Fsp3) is 0.889. The van der Waals surface area contributed by atoms with Gasteiger partial charge < -0.3 is 9.47 Å². The van der Waals surface area contributed by atoms with E-state index < -0.39 is 0 Å². The second-order valence-corrected chi connectivity index (χ2v) is 17.1. The topological polar surface area (TPSA) is 79.9 Å². The summed E-state index contributed by atoms with van der Waals surface area (Å²) in [6.07, 6.45) is 15.4. The van der Waals surface area contributed by atoms with Crippen LogP contribution < -0.4 is 0 Å². The molecule has 0 bridgehead atoms. The van der Waals surface area contributed by atoms with Gasteiger partial charge in [-0.05, 0) is 118 Å². The number of ether oxygens (including phenoxy) is 2. The van der Waals surface area contributed by atoms with Crippen LogP contribution in [0.15, 0.2) is 12.4 Å². The quantitative estimate of drug-likeness (QED) is 0.168. The van der Waals surface area contributed by atoms with Crippen molar-refractivity contribution in [3.63, 3.8) is 0 Å². The van der Waals surface area contributed by atoms with E-state index in [1.54, 1.807) is 0 Å². The van der Waals surface area contributed by atoms with Gasteiger partial charge in [0.05, 0.1) is 33.7 Å². The monoisotopic (exact) mass is 615 g/mol. The number of hydrogen-bond acceptors (Lipinski definition) is 6. The van der Waals surface area contributed by atoms with Crippen LogP contribution >= 0.6 is 0 Å². The van der Waals surface area contributed by atoms with Gasteiger partial charge in [-0.15, -0.1) is 10.2 Å². The number of hydrogen-bond donors (Lipinski definition) is 0. The first kappa shape index (κ1) is 36.7. The SMILES string of the molecule is CC(C)Cc1cn(C(C)(C)CCOC(C)(C)CC2CCC(CC(C)(C)OCCC(C)(C)n3cc(CC(C)C)nn3)CC2)nn1. The van der Waals surface area contributed by atoms with E-state index in [-0.39, 0.29) is 22.3 Å². The normalized spacial score (nSPS) is 19.0. The lowest BCUT2D eigenvalue weighted by Gasteiger charge is -2.38. The lowest BCUT2D eigenvalue weighted by Crippen LogP contribution is -2.35. The molecule has 2 heterocycles. The summed E-state index contributed by atoms with van der Waals surface area (Å²) in [6, 6.07) is 0. The summed E-state index contributed by atoms with van der Waals surface area (Å²) in [5.41, 5.74) is 1.68. The molecule has 0 radical (unpaired) electrons. The van der Waals surface area contributed by atoms with Crippen LogP contribution in [0.25, 0.3) is 0 Å². The molecule has 8 nitrogen and oxygen atoms in total. The molecule has 2 aromatic rings. The largest absolute Gasteiger partial charge is 0.375 e. The van der Waals surface area contributed by atoms with Crippen molar-refractivity contribution in [3.05, 3.63) is 23.8 Å². The van der Waals surface area contributed by atoms with Crippen LogP contribution in [0.1, 0.15) is 146 Å². The van der Waals surface area contributed by atoms with Crippen molar-refractivity contribution in [1.82, 2.24) is 30.0 Å². The fourth-order valence-corrected chi connectivity index (χ4v) is 6.74. The van der Waals surface area contributed by atoms with Crippen LogP contribution in [0.5, 0.6) is 0 Å². The number of nitrogens with zero attached hydrogens (tertiary/aromatic N) is 6. The van der Waals surface area contributed by atoms with E-state index in [9.17, 15) is 0 Å². The standard InChI is InChI=1S/C36H66N6O2/c1-27(2)21-31-25-41(39-37-31)33(5,6)17-19-43-35(9,10)23-29-13-15-30(16-14-29)24-36(11,12)44-20-18-34(7,8)42-26-32(38-40-42)22-28(3)4/h25-30H,13-24H2,1-12H3. The van der Waals surface area contributed by atoms with E-state index in [0.717, 1.165) is 75.0 Å². The highest BCUT2D eigenvalue weighted by Crippen LogP contribution is 2.39. The van der Waals surface area contributed by atoms with Crippen molar-refractivity contribution < 1.29 is 9.47 Å². The summed E-state index contributed by atoms with van der Waals surface area (Å²) < 4.78 is 17.0. The summed E-state index contributed by atoms with van der Waals surface area (Å²) in [5.74, 6) is 2.63. The molecule has 2 aromatic heterocycles. The van der Waals surface area contributed by atoms with E-state index in [0.29, 0.717) is 11.8 Å². The van der Waals surface area contributed by atoms with Crippen LogP contribution in [-0.4, -0.2) is 54.4 Å². The van der Waals surface area contributed by atoms with Crippen molar-refractivity contribution in [2.24, 2.45) is 23.7 Å². The summed E-state index contributed by atoms with van der Waals surface area (Å²) in [7, 11) is 0. The minimum Gasteiger partial charge on any atom is -0.375 e. The molecule has 44 heavy (non-hydrogen) atoms. The maximum atomic E-state index is 6.50. The molecule has 252 valence electrons. The van der Waals surface area contributed by atoms with Crippen molar-refractivity contribution >= 4 is 0 Å². The molecule has 0 aliphatic heterocycles. The molecule has 0 spiro atoms. The van der Waals surface area contributed by atoms with Crippen molar-refractivity contribution in [1.29, 1.82) is 0 Å². The Balaban J connectivity index is 1.36. The Hall–Kier alpha value is -1.80. The van der Waals surface area contributed by atoms with Gasteiger partial charge in [-0.1, -0.05) is 63.8 Å². The van der Waals surface area contributed by atoms with Gasteiger partial charge in [0.1, 0.15) is 0 Å². The average Bonchev–Trinajstić information content (AvgIpc) is 3.54. The van der Waals surface area contributed by atoms with E-state index in [1.807, 2.05) is 9.36 Å². The first-order valence-electron chi connectivity index (χ1n) is 17.5. The van der Waals surface area contributed by atoms with Crippen molar-refractivity contribution in [2.75, 3.05) is 13.2 Å². The Morgan fingerprint density at radius 2 is 0.977 bits per heavy atom. The minimum absolute atomic E-state index is 0.117.